The molecule has 0 heterocycles. The van der Waals surface area contributed by atoms with Crippen LogP contribution in [0.4, 0.5) is 0 Å². The Hall–Kier alpha value is -0.0900. The zero-order valence-corrected chi connectivity index (χ0v) is 13.9. The van der Waals surface area contributed by atoms with Gasteiger partial charge in [0.1, 0.15) is 0 Å². The third-order valence-electron chi connectivity index (χ3n) is 3.33. The molecule has 0 saturated carbocycles. The van der Waals surface area contributed by atoms with Crippen molar-refractivity contribution in [1.82, 2.24) is 5.32 Å². The van der Waals surface area contributed by atoms with Crippen molar-refractivity contribution < 1.29 is 8.42 Å². The molecule has 0 atom stereocenters. The first-order chi connectivity index (χ1) is 7.87. The molecule has 0 saturated heterocycles. The van der Waals surface area contributed by atoms with Gasteiger partial charge in [-0.15, -0.1) is 0 Å². The normalized spacial score (nSPS) is 14.2. The molecule has 0 aliphatic carbocycles. The molecule has 0 radical (unpaired) electrons. The number of hydrogen-bond donors (Lipinski definition) is 1. The highest BCUT2D eigenvalue weighted by molar-refractivity contribution is 7.92. The van der Waals surface area contributed by atoms with Gasteiger partial charge in [-0.3, -0.25) is 0 Å². The van der Waals surface area contributed by atoms with Crippen molar-refractivity contribution in [1.29, 1.82) is 0 Å². The van der Waals surface area contributed by atoms with Crippen molar-refractivity contribution in [3.63, 3.8) is 0 Å². The van der Waals surface area contributed by atoms with Gasteiger partial charge in [0.25, 0.3) is 0 Å². The van der Waals surface area contributed by atoms with E-state index < -0.39 is 14.6 Å². The van der Waals surface area contributed by atoms with Crippen LogP contribution in [0.2, 0.25) is 0 Å². The molecular weight excluding hydrogens is 246 g/mol. The summed E-state index contributed by atoms with van der Waals surface area (Å²) in [6.07, 6.45) is 1.73. The molecule has 18 heavy (non-hydrogen) atoms. The molecule has 3 nitrogen and oxygen atoms in total. The van der Waals surface area contributed by atoms with E-state index in [1.54, 1.807) is 20.8 Å². The fourth-order valence-electron chi connectivity index (χ4n) is 1.54. The van der Waals surface area contributed by atoms with E-state index >= 15 is 0 Å². The standard InChI is InChI=1S/C14H31NO2S/c1-12(2)15-10-8-14(6,7)9-11-18(16,17)13(3,4)5/h12,15H,8-11H2,1-7H3. The van der Waals surface area contributed by atoms with Gasteiger partial charge in [0, 0.05) is 6.04 Å². The lowest BCUT2D eigenvalue weighted by Crippen LogP contribution is -2.33. The Kier molecular flexibility index (Phi) is 6.34. The van der Waals surface area contributed by atoms with Crippen molar-refractivity contribution in [2.75, 3.05) is 12.3 Å². The summed E-state index contributed by atoms with van der Waals surface area (Å²) in [6, 6.07) is 0.485. The molecular formula is C14H31NO2S. The molecule has 0 aromatic rings. The Bertz CT molecular complexity index is 337. The van der Waals surface area contributed by atoms with E-state index in [1.165, 1.54) is 0 Å². The molecule has 0 amide bonds. The highest BCUT2D eigenvalue weighted by atomic mass is 32.2. The molecule has 0 aromatic carbocycles. The molecule has 0 bridgehead atoms. The van der Waals surface area contributed by atoms with Crippen LogP contribution in [-0.4, -0.2) is 31.5 Å². The molecule has 0 spiro atoms. The van der Waals surface area contributed by atoms with Crippen molar-refractivity contribution in [3.05, 3.63) is 0 Å². The number of hydrogen-bond acceptors (Lipinski definition) is 3. The van der Waals surface area contributed by atoms with E-state index in [-0.39, 0.29) is 11.2 Å². The van der Waals surface area contributed by atoms with Crippen LogP contribution >= 0.6 is 0 Å². The number of sulfone groups is 1. The fraction of sp³-hybridized carbons (Fsp3) is 1.00. The Morgan fingerprint density at radius 3 is 1.89 bits per heavy atom. The van der Waals surface area contributed by atoms with E-state index in [0.29, 0.717) is 6.04 Å². The highest BCUT2D eigenvalue weighted by Gasteiger charge is 2.31. The minimum atomic E-state index is -2.99. The van der Waals surface area contributed by atoms with Crippen LogP contribution in [0.25, 0.3) is 0 Å². The van der Waals surface area contributed by atoms with Crippen molar-refractivity contribution >= 4 is 9.84 Å². The zero-order valence-electron chi connectivity index (χ0n) is 13.1. The lowest BCUT2D eigenvalue weighted by molar-refractivity contribution is 0.311. The molecule has 0 rings (SSSR count). The molecule has 0 aliphatic heterocycles. The topological polar surface area (TPSA) is 46.2 Å². The van der Waals surface area contributed by atoms with Gasteiger partial charge < -0.3 is 5.32 Å². The van der Waals surface area contributed by atoms with Gasteiger partial charge >= 0.3 is 0 Å². The maximum atomic E-state index is 12.1. The van der Waals surface area contributed by atoms with Gasteiger partial charge in [0.15, 0.2) is 9.84 Å². The predicted octanol–water partition coefficient (Wildman–Crippen LogP) is 3.00. The summed E-state index contributed by atoms with van der Waals surface area (Å²) in [5, 5.41) is 3.38. The maximum Gasteiger partial charge on any atom is 0.155 e. The van der Waals surface area contributed by atoms with Crippen LogP contribution < -0.4 is 5.32 Å². The van der Waals surface area contributed by atoms with Crippen LogP contribution in [0.15, 0.2) is 0 Å². The number of nitrogens with one attached hydrogen (secondary N) is 1. The van der Waals surface area contributed by atoms with Crippen LogP contribution in [0.5, 0.6) is 0 Å². The predicted molar refractivity (Wildman–Crippen MR) is 79.7 cm³/mol. The summed E-state index contributed by atoms with van der Waals surface area (Å²) in [5.41, 5.74) is 0.0697. The SMILES string of the molecule is CC(C)NCCC(C)(C)CCS(=O)(=O)C(C)(C)C. The van der Waals surface area contributed by atoms with Crippen LogP contribution in [0, 0.1) is 5.41 Å². The van der Waals surface area contributed by atoms with E-state index in [2.05, 4.69) is 33.0 Å². The minimum absolute atomic E-state index is 0.0697. The molecule has 110 valence electrons. The highest BCUT2D eigenvalue weighted by Crippen LogP contribution is 2.27. The fourth-order valence-corrected chi connectivity index (χ4v) is 2.97. The van der Waals surface area contributed by atoms with Gasteiger partial charge in [0.2, 0.25) is 0 Å². The Labute approximate surface area is 114 Å². The monoisotopic (exact) mass is 277 g/mol. The quantitative estimate of drug-likeness (QED) is 0.778. The van der Waals surface area contributed by atoms with E-state index in [9.17, 15) is 8.42 Å². The summed E-state index contributed by atoms with van der Waals surface area (Å²) in [7, 11) is -2.99. The molecule has 0 fully saturated rings. The maximum absolute atomic E-state index is 12.1. The van der Waals surface area contributed by atoms with Gasteiger partial charge in [-0.25, -0.2) is 8.42 Å². The summed E-state index contributed by atoms with van der Waals surface area (Å²) < 4.78 is 23.5. The molecule has 1 N–H and O–H groups in total. The van der Waals surface area contributed by atoms with Crippen molar-refractivity contribution in [2.24, 2.45) is 5.41 Å². The van der Waals surface area contributed by atoms with E-state index in [4.69, 9.17) is 0 Å². The van der Waals surface area contributed by atoms with Gasteiger partial charge in [-0.2, -0.15) is 0 Å². The Morgan fingerprint density at radius 2 is 1.50 bits per heavy atom. The molecule has 0 unspecified atom stereocenters. The van der Waals surface area contributed by atoms with E-state index in [1.807, 2.05) is 0 Å². The van der Waals surface area contributed by atoms with Gasteiger partial charge in [-0.1, -0.05) is 27.7 Å². The lowest BCUT2D eigenvalue weighted by atomic mass is 9.86. The van der Waals surface area contributed by atoms with Gasteiger partial charge in [0.05, 0.1) is 10.5 Å². The Balaban J connectivity index is 4.27. The zero-order chi connectivity index (χ0) is 14.6. The average Bonchev–Trinajstić information content (AvgIpc) is 2.12. The Morgan fingerprint density at radius 1 is 1.00 bits per heavy atom. The third kappa shape index (κ3) is 6.74. The van der Waals surface area contributed by atoms with E-state index in [0.717, 1.165) is 19.4 Å². The summed E-state index contributed by atoms with van der Waals surface area (Å²) in [6.45, 7) is 14.8. The minimum Gasteiger partial charge on any atom is -0.315 e. The van der Waals surface area contributed by atoms with Crippen molar-refractivity contribution in [3.8, 4) is 0 Å². The van der Waals surface area contributed by atoms with Gasteiger partial charge in [-0.05, 0) is 45.6 Å². The first kappa shape index (κ1) is 17.9. The molecule has 4 heteroatoms. The first-order valence-electron chi connectivity index (χ1n) is 6.83. The smallest absolute Gasteiger partial charge is 0.155 e. The summed E-state index contributed by atoms with van der Waals surface area (Å²) in [4.78, 5) is 0. The average molecular weight is 277 g/mol. The molecule has 0 aliphatic rings. The van der Waals surface area contributed by atoms with Crippen LogP contribution in [0.1, 0.15) is 61.3 Å². The number of rotatable bonds is 7. The van der Waals surface area contributed by atoms with Crippen LogP contribution in [0.3, 0.4) is 0 Å². The second kappa shape index (κ2) is 6.38. The lowest BCUT2D eigenvalue weighted by Gasteiger charge is -2.27. The van der Waals surface area contributed by atoms with Crippen LogP contribution in [-0.2, 0) is 9.84 Å². The van der Waals surface area contributed by atoms with Crippen molar-refractivity contribution in [2.45, 2.75) is 72.1 Å². The third-order valence-corrected chi connectivity index (χ3v) is 5.94. The second-order valence-electron chi connectivity index (χ2n) is 7.20. The summed E-state index contributed by atoms with van der Waals surface area (Å²) in [5.74, 6) is 0.283. The summed E-state index contributed by atoms with van der Waals surface area (Å²) >= 11 is 0. The molecule has 0 aromatic heterocycles. The second-order valence-corrected chi connectivity index (χ2v) is 10.1. The first-order valence-corrected chi connectivity index (χ1v) is 8.48. The largest absolute Gasteiger partial charge is 0.315 e.